The monoisotopic (exact) mass is 400 g/mol. The zero-order valence-corrected chi connectivity index (χ0v) is 17.2. The van der Waals surface area contributed by atoms with E-state index < -0.39 is 24.0 Å². The summed E-state index contributed by atoms with van der Waals surface area (Å²) < 4.78 is 11.3. The highest BCUT2D eigenvalue weighted by Crippen LogP contribution is 2.33. The van der Waals surface area contributed by atoms with E-state index in [4.69, 9.17) is 9.15 Å². The summed E-state index contributed by atoms with van der Waals surface area (Å²) in [4.78, 5) is 36.1. The fourth-order valence-electron chi connectivity index (χ4n) is 3.77. The molecule has 0 saturated carbocycles. The average molecular weight is 400 g/mol. The predicted molar refractivity (Wildman–Crippen MR) is 106 cm³/mol. The van der Waals surface area contributed by atoms with E-state index in [0.717, 1.165) is 35.8 Å². The summed E-state index contributed by atoms with van der Waals surface area (Å²) in [5.74, 6) is -1.73. The van der Waals surface area contributed by atoms with Gasteiger partial charge < -0.3 is 24.4 Å². The SMILES string of the molecule is CC[C@H](C)[C@H](NC(=O)[C@H](C)Oc1ccc2c3c(c(=O)oc2c1C)CCC3)C(=O)[O-]. The van der Waals surface area contributed by atoms with E-state index >= 15 is 0 Å². The zero-order valence-electron chi connectivity index (χ0n) is 17.2. The number of nitrogens with one attached hydrogen (secondary N) is 1. The largest absolute Gasteiger partial charge is 0.548 e. The molecule has 1 aromatic heterocycles. The van der Waals surface area contributed by atoms with Crippen LogP contribution < -0.4 is 20.8 Å². The summed E-state index contributed by atoms with van der Waals surface area (Å²) in [5.41, 5.74) is 2.56. The number of aryl methyl sites for hydroxylation is 2. The fraction of sp³-hybridized carbons (Fsp3) is 0.500. The number of carbonyl (C=O) groups is 2. The van der Waals surface area contributed by atoms with Gasteiger partial charge in [0.25, 0.3) is 5.91 Å². The molecule has 1 aliphatic rings. The topological polar surface area (TPSA) is 109 Å². The van der Waals surface area contributed by atoms with Crippen molar-refractivity contribution < 1.29 is 23.8 Å². The van der Waals surface area contributed by atoms with Crippen molar-refractivity contribution >= 4 is 22.8 Å². The zero-order chi connectivity index (χ0) is 21.3. The van der Waals surface area contributed by atoms with Crippen LogP contribution in [0, 0.1) is 12.8 Å². The second kappa shape index (κ2) is 8.27. The van der Waals surface area contributed by atoms with Gasteiger partial charge in [-0.05, 0) is 56.7 Å². The summed E-state index contributed by atoms with van der Waals surface area (Å²) in [7, 11) is 0. The highest BCUT2D eigenvalue weighted by molar-refractivity contribution is 5.88. The molecule has 3 atom stereocenters. The van der Waals surface area contributed by atoms with Gasteiger partial charge in [0.2, 0.25) is 0 Å². The minimum Gasteiger partial charge on any atom is -0.548 e. The minimum absolute atomic E-state index is 0.269. The first-order valence-electron chi connectivity index (χ1n) is 10.0. The smallest absolute Gasteiger partial charge is 0.339 e. The van der Waals surface area contributed by atoms with Crippen molar-refractivity contribution in [3.05, 3.63) is 39.2 Å². The third-order valence-electron chi connectivity index (χ3n) is 5.78. The number of hydrogen-bond acceptors (Lipinski definition) is 6. The molecule has 1 N–H and O–H groups in total. The van der Waals surface area contributed by atoms with Crippen molar-refractivity contribution in [2.75, 3.05) is 0 Å². The van der Waals surface area contributed by atoms with Crippen LogP contribution in [0.2, 0.25) is 0 Å². The lowest BCUT2D eigenvalue weighted by Gasteiger charge is -2.27. The molecule has 1 heterocycles. The van der Waals surface area contributed by atoms with Gasteiger partial charge in [0.1, 0.15) is 11.3 Å². The summed E-state index contributed by atoms with van der Waals surface area (Å²) in [5, 5.41) is 14.7. The van der Waals surface area contributed by atoms with E-state index in [-0.39, 0.29) is 11.5 Å². The lowest BCUT2D eigenvalue weighted by molar-refractivity contribution is -0.309. The number of carboxylic acid groups (broad SMARTS) is 1. The molecule has 156 valence electrons. The van der Waals surface area contributed by atoms with Crippen molar-refractivity contribution in [1.29, 1.82) is 0 Å². The molecule has 0 radical (unpaired) electrons. The average Bonchev–Trinajstić information content (AvgIpc) is 3.18. The standard InChI is InChI=1S/C22H27NO6/c1-5-11(2)18(21(25)26)23-20(24)13(4)28-17-10-9-15-14-7-6-8-16(14)22(27)29-19(15)12(17)3/h9-11,13,18H,5-8H2,1-4H3,(H,23,24)(H,25,26)/p-1/t11-,13-,18-/m0/s1. The normalized spacial score (nSPS) is 16.1. The maximum atomic E-state index is 12.5. The number of benzene rings is 1. The Morgan fingerprint density at radius 2 is 1.93 bits per heavy atom. The van der Waals surface area contributed by atoms with Crippen LogP contribution in [-0.4, -0.2) is 24.0 Å². The van der Waals surface area contributed by atoms with Crippen LogP contribution in [0.15, 0.2) is 21.3 Å². The second-order valence-electron chi connectivity index (χ2n) is 7.72. The van der Waals surface area contributed by atoms with Gasteiger partial charge in [-0.2, -0.15) is 0 Å². The molecule has 1 amide bonds. The molecular weight excluding hydrogens is 374 g/mol. The van der Waals surface area contributed by atoms with Gasteiger partial charge in [-0.25, -0.2) is 4.79 Å². The van der Waals surface area contributed by atoms with E-state index in [1.165, 1.54) is 0 Å². The van der Waals surface area contributed by atoms with Crippen LogP contribution in [0.3, 0.4) is 0 Å². The molecule has 1 aliphatic carbocycles. The molecule has 7 nitrogen and oxygen atoms in total. The van der Waals surface area contributed by atoms with Crippen molar-refractivity contribution in [3.63, 3.8) is 0 Å². The van der Waals surface area contributed by atoms with Crippen molar-refractivity contribution in [2.24, 2.45) is 5.92 Å². The van der Waals surface area contributed by atoms with E-state index in [0.29, 0.717) is 23.3 Å². The van der Waals surface area contributed by atoms with Gasteiger partial charge in [0, 0.05) is 16.5 Å². The third-order valence-corrected chi connectivity index (χ3v) is 5.78. The summed E-state index contributed by atoms with van der Waals surface area (Å²) in [6.45, 7) is 6.90. The maximum absolute atomic E-state index is 12.5. The Hall–Kier alpha value is -2.83. The molecule has 2 aromatic rings. The summed E-state index contributed by atoms with van der Waals surface area (Å²) in [6, 6.07) is 2.51. The predicted octanol–water partition coefficient (Wildman–Crippen LogP) is 1.64. The quantitative estimate of drug-likeness (QED) is 0.708. The van der Waals surface area contributed by atoms with Crippen molar-refractivity contribution in [1.82, 2.24) is 5.32 Å². The molecule has 0 saturated heterocycles. The highest BCUT2D eigenvalue weighted by atomic mass is 16.5. The summed E-state index contributed by atoms with van der Waals surface area (Å²) >= 11 is 0. The molecule has 7 heteroatoms. The first-order chi connectivity index (χ1) is 13.7. The Kier molecular flexibility index (Phi) is 5.96. The van der Waals surface area contributed by atoms with Gasteiger partial charge in [-0.1, -0.05) is 20.3 Å². The second-order valence-corrected chi connectivity index (χ2v) is 7.72. The molecule has 1 aromatic carbocycles. The van der Waals surface area contributed by atoms with Gasteiger partial charge in [0.05, 0.1) is 12.0 Å². The van der Waals surface area contributed by atoms with Gasteiger partial charge >= 0.3 is 5.63 Å². The number of fused-ring (bicyclic) bond motifs is 3. The van der Waals surface area contributed by atoms with E-state index in [2.05, 4.69) is 5.32 Å². The molecule has 29 heavy (non-hydrogen) atoms. The number of ether oxygens (including phenoxy) is 1. The van der Waals surface area contributed by atoms with Crippen LogP contribution in [0.25, 0.3) is 11.0 Å². The molecule has 0 fully saturated rings. The lowest BCUT2D eigenvalue weighted by Crippen LogP contribution is -2.54. The maximum Gasteiger partial charge on any atom is 0.339 e. The number of carboxylic acids is 1. The van der Waals surface area contributed by atoms with Crippen LogP contribution >= 0.6 is 0 Å². The first-order valence-corrected chi connectivity index (χ1v) is 10.0. The number of aliphatic carboxylic acids is 1. The Morgan fingerprint density at radius 1 is 1.24 bits per heavy atom. The van der Waals surface area contributed by atoms with Gasteiger partial charge in [0.15, 0.2) is 6.10 Å². The minimum atomic E-state index is -1.32. The fourth-order valence-corrected chi connectivity index (χ4v) is 3.77. The molecule has 3 rings (SSSR count). The van der Waals surface area contributed by atoms with E-state index in [1.807, 2.05) is 13.0 Å². The third kappa shape index (κ3) is 3.99. The molecular formula is C22H26NO6-. The van der Waals surface area contributed by atoms with Gasteiger partial charge in [-0.3, -0.25) is 4.79 Å². The van der Waals surface area contributed by atoms with Gasteiger partial charge in [-0.15, -0.1) is 0 Å². The number of rotatable bonds is 7. The molecule has 0 unspecified atom stereocenters. The molecule has 0 aliphatic heterocycles. The van der Waals surface area contributed by atoms with Crippen LogP contribution in [0.4, 0.5) is 0 Å². The molecule has 0 bridgehead atoms. The van der Waals surface area contributed by atoms with Crippen LogP contribution in [-0.2, 0) is 22.4 Å². The number of hydrogen-bond donors (Lipinski definition) is 1. The summed E-state index contributed by atoms with van der Waals surface area (Å²) in [6.07, 6.45) is 2.16. The van der Waals surface area contributed by atoms with Crippen LogP contribution in [0.1, 0.15) is 50.3 Å². The number of carbonyl (C=O) groups excluding carboxylic acids is 2. The Bertz CT molecular complexity index is 1010. The Labute approximate surface area is 169 Å². The van der Waals surface area contributed by atoms with E-state index in [9.17, 15) is 19.5 Å². The van der Waals surface area contributed by atoms with Crippen molar-refractivity contribution in [2.45, 2.75) is 65.5 Å². The number of amides is 1. The van der Waals surface area contributed by atoms with Crippen molar-refractivity contribution in [3.8, 4) is 5.75 Å². The Morgan fingerprint density at radius 3 is 2.59 bits per heavy atom. The first kappa shape index (κ1) is 20.9. The Balaban J connectivity index is 1.83. The highest BCUT2D eigenvalue weighted by Gasteiger charge is 2.25. The lowest BCUT2D eigenvalue weighted by atomic mass is 9.99. The van der Waals surface area contributed by atoms with Crippen LogP contribution in [0.5, 0.6) is 5.75 Å². The molecule has 0 spiro atoms. The van der Waals surface area contributed by atoms with E-state index in [1.54, 1.807) is 26.8 Å².